The second-order valence-corrected chi connectivity index (χ2v) is 9.82. The molecule has 2 amide bonds. The van der Waals surface area contributed by atoms with Crippen LogP contribution in [0.25, 0.3) is 0 Å². The van der Waals surface area contributed by atoms with Crippen LogP contribution in [0, 0.1) is 13.8 Å². The second kappa shape index (κ2) is 8.69. The van der Waals surface area contributed by atoms with E-state index in [9.17, 15) is 31.2 Å². The molecule has 0 aromatic heterocycles. The molecule has 0 saturated carbocycles. The number of carbonyl (C=O) groups is 2. The summed E-state index contributed by atoms with van der Waals surface area (Å²) >= 11 is 0. The number of alkyl halides is 3. The largest absolute Gasteiger partial charge is 0.573 e. The first-order valence-electron chi connectivity index (χ1n) is 10.0. The minimum Gasteiger partial charge on any atom is -0.404 e. The lowest BCUT2D eigenvalue weighted by atomic mass is 9.85. The number of ether oxygens (including phenoxy) is 1. The zero-order valence-corrected chi connectivity index (χ0v) is 19.0. The van der Waals surface area contributed by atoms with E-state index in [4.69, 9.17) is 0 Å². The van der Waals surface area contributed by atoms with Crippen LogP contribution in [0.5, 0.6) is 5.75 Å². The van der Waals surface area contributed by atoms with Crippen molar-refractivity contribution in [1.29, 1.82) is 0 Å². The van der Waals surface area contributed by atoms with Crippen molar-refractivity contribution < 1.29 is 35.9 Å². The van der Waals surface area contributed by atoms with Gasteiger partial charge in [0.2, 0.25) is 5.91 Å². The molecule has 0 aliphatic carbocycles. The minimum atomic E-state index is -5.12. The topological polar surface area (TPSA) is 92.8 Å². The molecule has 33 heavy (non-hydrogen) atoms. The third-order valence-corrected chi connectivity index (χ3v) is 6.81. The van der Waals surface area contributed by atoms with Crippen molar-refractivity contribution in [2.45, 2.75) is 50.4 Å². The molecule has 1 aliphatic heterocycles. The van der Waals surface area contributed by atoms with Crippen molar-refractivity contribution in [2.75, 3.05) is 6.54 Å². The van der Waals surface area contributed by atoms with Crippen LogP contribution in [-0.4, -0.2) is 43.6 Å². The van der Waals surface area contributed by atoms with Gasteiger partial charge in [0.05, 0.1) is 6.42 Å². The molecule has 1 unspecified atom stereocenters. The summed E-state index contributed by atoms with van der Waals surface area (Å²) in [5.41, 5.74) is 1.27. The summed E-state index contributed by atoms with van der Waals surface area (Å²) in [5, 5.41) is 0. The van der Waals surface area contributed by atoms with E-state index in [2.05, 4.69) is 4.74 Å². The fourth-order valence-corrected chi connectivity index (χ4v) is 5.01. The number of aryl methyl sites for hydroxylation is 2. The highest BCUT2D eigenvalue weighted by atomic mass is 32.2. The number of nitrogens with zero attached hydrogens (tertiary/aromatic N) is 1. The van der Waals surface area contributed by atoms with Crippen LogP contribution in [0.2, 0.25) is 0 Å². The van der Waals surface area contributed by atoms with Gasteiger partial charge in [0.1, 0.15) is 16.2 Å². The number of nitrogens with one attached hydrogen (secondary N) is 1. The Bertz CT molecular complexity index is 1180. The van der Waals surface area contributed by atoms with Gasteiger partial charge in [0, 0.05) is 6.54 Å². The molecule has 1 fully saturated rings. The Morgan fingerprint density at radius 2 is 1.73 bits per heavy atom. The summed E-state index contributed by atoms with van der Waals surface area (Å²) in [4.78, 5) is 26.1. The Kier molecular flexibility index (Phi) is 6.47. The third kappa shape index (κ3) is 5.47. The second-order valence-electron chi connectivity index (χ2n) is 8.17. The third-order valence-electron chi connectivity index (χ3n) is 5.44. The summed E-state index contributed by atoms with van der Waals surface area (Å²) in [6, 6.07) is 9.75. The SMILES string of the molecule is Cc1cc(C)cc(CC(=O)N2CCC2(C)C(=O)NS(=O)(=O)c2ccccc2OC(F)(F)F)c1. The maximum atomic E-state index is 12.9. The van der Waals surface area contributed by atoms with E-state index in [0.717, 1.165) is 28.8 Å². The Morgan fingerprint density at radius 1 is 1.12 bits per heavy atom. The lowest BCUT2D eigenvalue weighted by Crippen LogP contribution is -2.68. The number of sulfonamides is 1. The highest BCUT2D eigenvalue weighted by Gasteiger charge is 2.50. The molecular weight excluding hydrogens is 461 g/mol. The van der Waals surface area contributed by atoms with E-state index in [-0.39, 0.29) is 25.3 Å². The predicted octanol–water partition coefficient (Wildman–Crippen LogP) is 3.24. The van der Waals surface area contributed by atoms with E-state index >= 15 is 0 Å². The van der Waals surface area contributed by atoms with E-state index < -0.39 is 38.5 Å². The van der Waals surface area contributed by atoms with E-state index in [1.165, 1.54) is 24.0 Å². The molecule has 7 nitrogen and oxygen atoms in total. The standard InChI is InChI=1S/C22H23F3N2O5S/c1-14-10-15(2)12-16(11-14)13-19(28)27-9-8-21(27,3)20(29)26-33(30,31)18-7-5-4-6-17(18)32-22(23,24)25/h4-7,10-12H,8-9,13H2,1-3H3,(H,26,29). The number of carbonyl (C=O) groups excluding carboxylic acids is 2. The van der Waals surface area contributed by atoms with Gasteiger partial charge >= 0.3 is 6.36 Å². The van der Waals surface area contributed by atoms with E-state index in [1.807, 2.05) is 32.0 Å². The monoisotopic (exact) mass is 484 g/mol. The number of benzene rings is 2. The van der Waals surface area contributed by atoms with Crippen molar-refractivity contribution in [3.8, 4) is 5.75 Å². The zero-order valence-electron chi connectivity index (χ0n) is 18.2. The molecule has 3 rings (SSSR count). The van der Waals surface area contributed by atoms with Gasteiger partial charge in [-0.2, -0.15) is 0 Å². The van der Waals surface area contributed by atoms with Gasteiger partial charge in [-0.05, 0) is 44.9 Å². The van der Waals surface area contributed by atoms with Crippen LogP contribution in [0.4, 0.5) is 13.2 Å². The van der Waals surface area contributed by atoms with Gasteiger partial charge in [-0.1, -0.05) is 41.5 Å². The first-order chi connectivity index (χ1) is 15.2. The van der Waals surface area contributed by atoms with Crippen molar-refractivity contribution in [3.63, 3.8) is 0 Å². The highest BCUT2D eigenvalue weighted by molar-refractivity contribution is 7.90. The summed E-state index contributed by atoms with van der Waals surface area (Å²) in [7, 11) is -4.70. The molecule has 11 heteroatoms. The zero-order chi connectivity index (χ0) is 24.6. The Hall–Kier alpha value is -3.08. The van der Waals surface area contributed by atoms with Crippen LogP contribution in [0.3, 0.4) is 0 Å². The molecule has 0 radical (unpaired) electrons. The number of hydrogen-bond acceptors (Lipinski definition) is 5. The van der Waals surface area contributed by atoms with Crippen LogP contribution in [0.15, 0.2) is 47.4 Å². The average molecular weight is 484 g/mol. The van der Waals surface area contributed by atoms with Crippen LogP contribution < -0.4 is 9.46 Å². The Labute approximate surface area is 189 Å². The van der Waals surface area contributed by atoms with Crippen molar-refractivity contribution >= 4 is 21.8 Å². The lowest BCUT2D eigenvalue weighted by molar-refractivity contribution is -0.275. The normalized spacial score (nSPS) is 18.4. The molecule has 1 saturated heterocycles. The van der Waals surface area contributed by atoms with E-state index in [1.54, 1.807) is 4.72 Å². The molecule has 1 N–H and O–H groups in total. The first-order valence-corrected chi connectivity index (χ1v) is 11.5. The molecule has 1 heterocycles. The van der Waals surface area contributed by atoms with Crippen LogP contribution in [0.1, 0.15) is 30.0 Å². The summed E-state index contributed by atoms with van der Waals surface area (Å²) in [5.74, 6) is -2.33. The predicted molar refractivity (Wildman–Crippen MR) is 113 cm³/mol. The molecule has 0 bridgehead atoms. The molecule has 1 aliphatic rings. The van der Waals surface area contributed by atoms with Crippen LogP contribution in [-0.2, 0) is 26.0 Å². The van der Waals surface area contributed by atoms with Crippen molar-refractivity contribution in [2.24, 2.45) is 0 Å². The van der Waals surface area contributed by atoms with Gasteiger partial charge in [-0.15, -0.1) is 13.2 Å². The summed E-state index contributed by atoms with van der Waals surface area (Å²) in [6.07, 6.45) is -4.89. The van der Waals surface area contributed by atoms with E-state index in [0.29, 0.717) is 0 Å². The fourth-order valence-electron chi connectivity index (χ4n) is 3.80. The number of hydrogen-bond donors (Lipinski definition) is 1. The average Bonchev–Trinajstić information content (AvgIpc) is 2.64. The quantitative estimate of drug-likeness (QED) is 0.680. The summed E-state index contributed by atoms with van der Waals surface area (Å²) in [6.45, 7) is 5.46. The van der Waals surface area contributed by atoms with Gasteiger partial charge in [-0.25, -0.2) is 13.1 Å². The molecule has 1 atom stereocenters. The van der Waals surface area contributed by atoms with Crippen molar-refractivity contribution in [1.82, 2.24) is 9.62 Å². The number of likely N-dealkylation sites (tertiary alicyclic amines) is 1. The molecule has 178 valence electrons. The highest BCUT2D eigenvalue weighted by Crippen LogP contribution is 2.33. The molecule has 2 aromatic rings. The van der Waals surface area contributed by atoms with Gasteiger partial charge in [-0.3, -0.25) is 9.59 Å². The Balaban J connectivity index is 1.77. The number of halogens is 3. The maximum absolute atomic E-state index is 12.9. The van der Waals surface area contributed by atoms with Crippen molar-refractivity contribution in [3.05, 3.63) is 59.2 Å². The first kappa shape index (κ1) is 24.6. The van der Waals surface area contributed by atoms with Gasteiger partial charge in [0.15, 0.2) is 0 Å². The fraction of sp³-hybridized carbons (Fsp3) is 0.364. The maximum Gasteiger partial charge on any atom is 0.573 e. The molecule has 2 aromatic carbocycles. The minimum absolute atomic E-state index is 0.0282. The Morgan fingerprint density at radius 3 is 2.27 bits per heavy atom. The number of rotatable bonds is 6. The lowest BCUT2D eigenvalue weighted by Gasteiger charge is -2.49. The van der Waals surface area contributed by atoms with Gasteiger partial charge in [0.25, 0.3) is 15.9 Å². The summed E-state index contributed by atoms with van der Waals surface area (Å²) < 4.78 is 68.9. The molecular formula is C22H23F3N2O5S. The number of para-hydroxylation sites is 1. The smallest absolute Gasteiger partial charge is 0.404 e. The molecule has 0 spiro atoms. The number of amides is 2. The van der Waals surface area contributed by atoms with Gasteiger partial charge < -0.3 is 9.64 Å². The van der Waals surface area contributed by atoms with Crippen LogP contribution >= 0.6 is 0 Å².